The van der Waals surface area contributed by atoms with Crippen LogP contribution in [0, 0.1) is 0 Å². The van der Waals surface area contributed by atoms with E-state index in [9.17, 15) is 9.59 Å². The van der Waals surface area contributed by atoms with Crippen molar-refractivity contribution in [3.8, 4) is 5.69 Å². The first kappa shape index (κ1) is 21.0. The van der Waals surface area contributed by atoms with Gasteiger partial charge in [-0.15, -0.1) is 0 Å². The van der Waals surface area contributed by atoms with Gasteiger partial charge in [0.15, 0.2) is 0 Å². The Morgan fingerprint density at radius 2 is 1.14 bits per heavy atom. The van der Waals surface area contributed by atoms with Crippen molar-refractivity contribution in [1.82, 2.24) is 4.57 Å². The molecule has 0 bridgehead atoms. The number of fused-ring (bicyclic) bond motifs is 7. The summed E-state index contributed by atoms with van der Waals surface area (Å²) in [6.45, 7) is 0. The number of hydrogen-bond donors (Lipinski definition) is 0. The molecule has 37 heavy (non-hydrogen) atoms. The van der Waals surface area contributed by atoms with E-state index in [4.69, 9.17) is 4.42 Å². The van der Waals surface area contributed by atoms with Gasteiger partial charge >= 0.3 is 220 Å². The number of rotatable bonds is 1. The van der Waals surface area contributed by atoms with Gasteiger partial charge in [-0.05, 0) is 0 Å². The van der Waals surface area contributed by atoms with Crippen LogP contribution in [0.4, 0.5) is 0 Å². The maximum absolute atomic E-state index is 13.8. The number of aromatic nitrogens is 1. The molecule has 0 amide bonds. The van der Waals surface area contributed by atoms with Crippen LogP contribution < -0.4 is 10.9 Å². The Hall–Kier alpha value is -4.17. The van der Waals surface area contributed by atoms with Gasteiger partial charge in [-0.1, -0.05) is 0 Å². The average molecular weight is 591 g/mol. The summed E-state index contributed by atoms with van der Waals surface area (Å²) in [4.78, 5) is 27.0. The van der Waals surface area contributed by atoms with Crippen LogP contribution in [0.15, 0.2) is 117 Å². The van der Waals surface area contributed by atoms with Crippen LogP contribution in [0.25, 0.3) is 67.0 Å². The van der Waals surface area contributed by atoms with Crippen LogP contribution in [-0.4, -0.2) is 25.0 Å². The molecule has 4 nitrogen and oxygen atoms in total. The van der Waals surface area contributed by atoms with Crippen molar-refractivity contribution in [2.45, 2.75) is 0 Å². The Morgan fingerprint density at radius 1 is 0.514 bits per heavy atom. The van der Waals surface area contributed by atoms with Gasteiger partial charge < -0.3 is 0 Å². The van der Waals surface area contributed by atoms with Crippen LogP contribution in [0.5, 0.6) is 0 Å². The normalized spacial score (nSPS) is 12.0. The first-order chi connectivity index (χ1) is 18.2. The van der Waals surface area contributed by atoms with Crippen molar-refractivity contribution in [2.75, 3.05) is 0 Å². The predicted octanol–water partition coefficient (Wildman–Crippen LogP) is 6.77. The Labute approximate surface area is 219 Å². The SMILES string of the molecule is O=c1c2cc(-n3c4ccccc4c4ccccc43)ccc2oc2cc3c(=O)c4ccccc4[te]c3cc12. The molecular weight excluding hydrogens is 574 g/mol. The Kier molecular flexibility index (Phi) is 4.34. The Balaban J connectivity index is 1.44. The molecule has 0 fully saturated rings. The first-order valence-corrected chi connectivity index (χ1v) is 14.4. The van der Waals surface area contributed by atoms with Crippen LogP contribution in [0.2, 0.25) is 0 Å². The van der Waals surface area contributed by atoms with Gasteiger partial charge in [-0.3, -0.25) is 0 Å². The number of para-hydroxylation sites is 2. The van der Waals surface area contributed by atoms with Crippen molar-refractivity contribution >= 4 is 81.8 Å². The minimum absolute atomic E-state index is 0.00769. The maximum atomic E-state index is 13.8. The van der Waals surface area contributed by atoms with Crippen LogP contribution in [0.3, 0.4) is 0 Å². The van der Waals surface area contributed by atoms with Gasteiger partial charge in [-0.2, -0.15) is 0 Å². The number of hydrogen-bond acceptors (Lipinski definition) is 3. The Morgan fingerprint density at radius 3 is 1.89 bits per heavy atom. The third-order valence-electron chi connectivity index (χ3n) is 7.19. The van der Waals surface area contributed by atoms with E-state index in [0.717, 1.165) is 28.9 Å². The van der Waals surface area contributed by atoms with Gasteiger partial charge in [0.05, 0.1) is 0 Å². The van der Waals surface area contributed by atoms with Crippen molar-refractivity contribution in [1.29, 1.82) is 0 Å². The van der Waals surface area contributed by atoms with E-state index in [-0.39, 0.29) is 10.9 Å². The summed E-state index contributed by atoms with van der Waals surface area (Å²) in [5.41, 5.74) is 4.00. The Bertz CT molecular complexity index is 2300. The summed E-state index contributed by atoms with van der Waals surface area (Å²) in [6.07, 6.45) is 0. The molecule has 0 atom stereocenters. The summed E-state index contributed by atoms with van der Waals surface area (Å²) in [6, 6.07) is 33.9. The summed E-state index contributed by atoms with van der Waals surface area (Å²) in [7, 11) is 0. The molecule has 5 aromatic carbocycles. The summed E-state index contributed by atoms with van der Waals surface area (Å²) >= 11 is -0.782. The van der Waals surface area contributed by atoms with Crippen molar-refractivity contribution < 1.29 is 4.42 Å². The van der Waals surface area contributed by atoms with E-state index >= 15 is 0 Å². The minimum atomic E-state index is -0.782. The number of nitrogens with zero attached hydrogens (tertiary/aromatic N) is 1. The van der Waals surface area contributed by atoms with E-state index in [1.807, 2.05) is 72.8 Å². The van der Waals surface area contributed by atoms with Gasteiger partial charge in [0.1, 0.15) is 0 Å². The molecule has 0 saturated heterocycles. The van der Waals surface area contributed by atoms with E-state index < -0.39 is 20.4 Å². The van der Waals surface area contributed by atoms with Gasteiger partial charge in [0.2, 0.25) is 0 Å². The predicted molar refractivity (Wildman–Crippen MR) is 153 cm³/mol. The molecule has 0 aliphatic rings. The van der Waals surface area contributed by atoms with Crippen molar-refractivity contribution in [3.05, 3.63) is 124 Å². The monoisotopic (exact) mass is 593 g/mol. The molecule has 8 aromatic rings. The summed E-state index contributed by atoms with van der Waals surface area (Å²) < 4.78 is 10.5. The van der Waals surface area contributed by atoms with Crippen molar-refractivity contribution in [2.24, 2.45) is 0 Å². The van der Waals surface area contributed by atoms with Gasteiger partial charge in [-0.25, -0.2) is 0 Å². The molecule has 174 valence electrons. The molecule has 0 aliphatic heterocycles. The molecule has 0 saturated carbocycles. The number of benzene rings is 5. The molecule has 0 aliphatic carbocycles. The second-order valence-corrected chi connectivity index (χ2v) is 12.3. The van der Waals surface area contributed by atoms with Gasteiger partial charge in [0.25, 0.3) is 0 Å². The fraction of sp³-hybridized carbons (Fsp3) is 0. The third-order valence-corrected chi connectivity index (χ3v) is 10.4. The summed E-state index contributed by atoms with van der Waals surface area (Å²) in [5.74, 6) is 0. The first-order valence-electron chi connectivity index (χ1n) is 12.0. The zero-order valence-electron chi connectivity index (χ0n) is 19.4. The molecule has 0 spiro atoms. The second kappa shape index (κ2) is 7.66. The molecule has 5 heteroatoms. The molecule has 8 rings (SSSR count). The molecule has 0 N–H and O–H groups in total. The third kappa shape index (κ3) is 2.96. The molecule has 0 radical (unpaired) electrons. The molecular formula is C32H17NO3Te. The van der Waals surface area contributed by atoms with Crippen LogP contribution in [0.1, 0.15) is 0 Å². The molecule has 0 unspecified atom stereocenters. The standard InChI is InChI=1S/C32H17NO3Te/c34-31-21-9-3-6-12-29(21)37-30-17-23-28(16-24(30)31)36-27-14-13-18(15-22(27)32(23)35)33-25-10-4-1-7-19(25)20-8-2-5-11-26(20)33/h1-17H. The quantitative estimate of drug-likeness (QED) is 0.157. The van der Waals surface area contributed by atoms with Crippen LogP contribution >= 0.6 is 0 Å². The topological polar surface area (TPSA) is 52.2 Å². The summed E-state index contributed by atoms with van der Waals surface area (Å²) in [5, 5.41) is 4.85. The van der Waals surface area contributed by atoms with E-state index in [2.05, 4.69) is 28.8 Å². The van der Waals surface area contributed by atoms with E-state index in [0.29, 0.717) is 27.3 Å². The molecule has 3 aromatic heterocycles. The zero-order chi connectivity index (χ0) is 24.7. The van der Waals surface area contributed by atoms with E-state index in [1.165, 1.54) is 10.8 Å². The second-order valence-electron chi connectivity index (χ2n) is 9.25. The zero-order valence-corrected chi connectivity index (χ0v) is 21.7. The van der Waals surface area contributed by atoms with E-state index in [1.54, 1.807) is 6.07 Å². The fourth-order valence-corrected chi connectivity index (χ4v) is 8.60. The van der Waals surface area contributed by atoms with Gasteiger partial charge in [0, 0.05) is 0 Å². The van der Waals surface area contributed by atoms with Crippen LogP contribution in [-0.2, 0) is 0 Å². The van der Waals surface area contributed by atoms with Crippen molar-refractivity contribution in [3.63, 3.8) is 0 Å². The fourth-order valence-electron chi connectivity index (χ4n) is 5.48. The average Bonchev–Trinajstić information content (AvgIpc) is 3.27. The molecule has 3 heterocycles.